The lowest BCUT2D eigenvalue weighted by Gasteiger charge is -2.09. The van der Waals surface area contributed by atoms with Crippen LogP contribution in [-0.4, -0.2) is 22.4 Å². The van der Waals surface area contributed by atoms with Crippen LogP contribution in [0.25, 0.3) is 11.4 Å². The van der Waals surface area contributed by atoms with Gasteiger partial charge < -0.3 is 19.9 Å². The first-order valence-corrected chi connectivity index (χ1v) is 8.13. The van der Waals surface area contributed by atoms with E-state index in [1.54, 1.807) is 7.11 Å². The SMILES string of the molecule is COc1ccc(NC(=S)NCc2nc(-c3cccc(C)c3)no2)cc1. The molecule has 128 valence electrons. The lowest BCUT2D eigenvalue weighted by Crippen LogP contribution is -2.27. The van der Waals surface area contributed by atoms with E-state index in [1.807, 2.05) is 55.5 Å². The van der Waals surface area contributed by atoms with Crippen LogP contribution in [0.3, 0.4) is 0 Å². The lowest BCUT2D eigenvalue weighted by atomic mass is 10.1. The van der Waals surface area contributed by atoms with Gasteiger partial charge in [0.05, 0.1) is 13.7 Å². The molecule has 3 rings (SSSR count). The fourth-order valence-corrected chi connectivity index (χ4v) is 2.42. The van der Waals surface area contributed by atoms with Gasteiger partial charge in [-0.3, -0.25) is 0 Å². The first-order chi connectivity index (χ1) is 12.1. The second-order valence-corrected chi connectivity index (χ2v) is 5.83. The molecule has 0 unspecified atom stereocenters. The minimum Gasteiger partial charge on any atom is -0.497 e. The Hall–Kier alpha value is -2.93. The highest BCUT2D eigenvalue weighted by Crippen LogP contribution is 2.17. The summed E-state index contributed by atoms with van der Waals surface area (Å²) < 4.78 is 10.4. The van der Waals surface area contributed by atoms with Crippen molar-refractivity contribution in [3.63, 3.8) is 0 Å². The molecule has 0 aliphatic heterocycles. The van der Waals surface area contributed by atoms with Crippen molar-refractivity contribution < 1.29 is 9.26 Å². The van der Waals surface area contributed by atoms with Gasteiger partial charge in [-0.2, -0.15) is 4.98 Å². The van der Waals surface area contributed by atoms with Crippen LogP contribution >= 0.6 is 12.2 Å². The number of thiocarbonyl (C=S) groups is 1. The monoisotopic (exact) mass is 354 g/mol. The molecule has 0 amide bonds. The summed E-state index contributed by atoms with van der Waals surface area (Å²) in [5, 5.41) is 10.6. The molecule has 0 spiro atoms. The van der Waals surface area contributed by atoms with E-state index >= 15 is 0 Å². The van der Waals surface area contributed by atoms with Crippen molar-refractivity contribution in [3.05, 3.63) is 60.0 Å². The van der Waals surface area contributed by atoms with Gasteiger partial charge in [0.2, 0.25) is 11.7 Å². The third-order valence-electron chi connectivity index (χ3n) is 3.49. The summed E-state index contributed by atoms with van der Waals surface area (Å²) >= 11 is 5.27. The number of methoxy groups -OCH3 is 1. The molecule has 0 saturated carbocycles. The zero-order valence-electron chi connectivity index (χ0n) is 13.9. The fourth-order valence-electron chi connectivity index (χ4n) is 2.23. The quantitative estimate of drug-likeness (QED) is 0.679. The van der Waals surface area contributed by atoms with Crippen LogP contribution in [0.2, 0.25) is 0 Å². The maximum atomic E-state index is 5.27. The molecule has 0 aliphatic carbocycles. The maximum absolute atomic E-state index is 5.27. The summed E-state index contributed by atoms with van der Waals surface area (Å²) in [5.41, 5.74) is 2.94. The number of hydrogen-bond donors (Lipinski definition) is 2. The number of rotatable bonds is 5. The number of nitrogens with one attached hydrogen (secondary N) is 2. The van der Waals surface area contributed by atoms with Crippen LogP contribution in [0.4, 0.5) is 5.69 Å². The molecular formula is C18H18N4O2S. The van der Waals surface area contributed by atoms with Crippen molar-refractivity contribution in [2.75, 3.05) is 12.4 Å². The van der Waals surface area contributed by atoms with E-state index in [2.05, 4.69) is 20.8 Å². The number of ether oxygens (including phenoxy) is 1. The number of hydrogen-bond acceptors (Lipinski definition) is 5. The van der Waals surface area contributed by atoms with E-state index in [0.717, 1.165) is 22.6 Å². The minimum absolute atomic E-state index is 0.348. The number of aryl methyl sites for hydroxylation is 1. The largest absolute Gasteiger partial charge is 0.497 e. The molecule has 0 radical (unpaired) electrons. The Bertz CT molecular complexity index is 862. The molecule has 1 aromatic heterocycles. The van der Waals surface area contributed by atoms with Crippen molar-refractivity contribution in [1.29, 1.82) is 0 Å². The Morgan fingerprint density at radius 1 is 1.20 bits per heavy atom. The Kier molecular flexibility index (Phi) is 5.25. The highest BCUT2D eigenvalue weighted by molar-refractivity contribution is 7.80. The molecule has 7 heteroatoms. The summed E-state index contributed by atoms with van der Waals surface area (Å²) in [6.07, 6.45) is 0. The van der Waals surface area contributed by atoms with E-state index in [1.165, 1.54) is 0 Å². The highest BCUT2D eigenvalue weighted by Gasteiger charge is 2.09. The summed E-state index contributed by atoms with van der Waals surface area (Å²) in [4.78, 5) is 4.38. The molecule has 0 fully saturated rings. The molecule has 0 atom stereocenters. The van der Waals surface area contributed by atoms with E-state index in [9.17, 15) is 0 Å². The van der Waals surface area contributed by atoms with E-state index in [-0.39, 0.29) is 0 Å². The van der Waals surface area contributed by atoms with Crippen molar-refractivity contribution in [2.45, 2.75) is 13.5 Å². The molecule has 0 saturated heterocycles. The maximum Gasteiger partial charge on any atom is 0.246 e. The van der Waals surface area contributed by atoms with Crippen LogP contribution in [0.15, 0.2) is 53.1 Å². The van der Waals surface area contributed by atoms with Gasteiger partial charge in [-0.15, -0.1) is 0 Å². The van der Waals surface area contributed by atoms with Gasteiger partial charge in [0.15, 0.2) is 5.11 Å². The molecule has 0 bridgehead atoms. The molecule has 0 aliphatic rings. The lowest BCUT2D eigenvalue weighted by molar-refractivity contribution is 0.376. The highest BCUT2D eigenvalue weighted by atomic mass is 32.1. The standard InChI is InChI=1S/C18H18N4O2S/c1-12-4-3-5-13(10-12)17-21-16(24-22-17)11-19-18(25)20-14-6-8-15(23-2)9-7-14/h3-10H,11H2,1-2H3,(H2,19,20,25). The number of anilines is 1. The van der Waals surface area contributed by atoms with Crippen LogP contribution in [0, 0.1) is 6.92 Å². The van der Waals surface area contributed by atoms with Crippen LogP contribution in [0.5, 0.6) is 5.75 Å². The molecular weight excluding hydrogens is 336 g/mol. The Labute approximate surface area is 151 Å². The van der Waals surface area contributed by atoms with Gasteiger partial charge in [0.1, 0.15) is 5.75 Å². The summed E-state index contributed by atoms with van der Waals surface area (Å²) in [7, 11) is 1.63. The smallest absolute Gasteiger partial charge is 0.246 e. The van der Waals surface area contributed by atoms with Crippen LogP contribution in [0.1, 0.15) is 11.5 Å². The van der Waals surface area contributed by atoms with Gasteiger partial charge in [-0.1, -0.05) is 28.9 Å². The number of aromatic nitrogens is 2. The van der Waals surface area contributed by atoms with Gasteiger partial charge in [-0.05, 0) is 49.5 Å². The van der Waals surface area contributed by atoms with Crippen LogP contribution in [-0.2, 0) is 6.54 Å². The first kappa shape index (κ1) is 16.9. The second kappa shape index (κ2) is 7.76. The van der Waals surface area contributed by atoms with Crippen molar-refractivity contribution in [3.8, 4) is 17.1 Å². The van der Waals surface area contributed by atoms with Gasteiger partial charge >= 0.3 is 0 Å². The zero-order chi connectivity index (χ0) is 17.6. The predicted octanol–water partition coefficient (Wildman–Crippen LogP) is 3.54. The average molecular weight is 354 g/mol. The molecule has 2 N–H and O–H groups in total. The number of benzene rings is 2. The molecule has 25 heavy (non-hydrogen) atoms. The Balaban J connectivity index is 1.55. The predicted molar refractivity (Wildman–Crippen MR) is 101 cm³/mol. The third kappa shape index (κ3) is 4.54. The first-order valence-electron chi connectivity index (χ1n) is 7.72. The van der Waals surface area contributed by atoms with Crippen molar-refractivity contribution >= 4 is 23.0 Å². The topological polar surface area (TPSA) is 72.2 Å². The molecule has 3 aromatic rings. The molecule has 6 nitrogen and oxygen atoms in total. The summed E-state index contributed by atoms with van der Waals surface area (Å²) in [5.74, 6) is 1.82. The minimum atomic E-state index is 0.348. The third-order valence-corrected chi connectivity index (χ3v) is 3.74. The Morgan fingerprint density at radius 3 is 2.72 bits per heavy atom. The van der Waals surface area contributed by atoms with E-state index in [0.29, 0.717) is 23.4 Å². The molecule has 1 heterocycles. The van der Waals surface area contributed by atoms with Crippen LogP contribution < -0.4 is 15.4 Å². The normalized spacial score (nSPS) is 10.3. The van der Waals surface area contributed by atoms with Gasteiger partial charge in [0, 0.05) is 11.3 Å². The Morgan fingerprint density at radius 2 is 2.00 bits per heavy atom. The second-order valence-electron chi connectivity index (χ2n) is 5.42. The zero-order valence-corrected chi connectivity index (χ0v) is 14.8. The van der Waals surface area contributed by atoms with Gasteiger partial charge in [0.25, 0.3) is 0 Å². The average Bonchev–Trinajstić information content (AvgIpc) is 3.10. The van der Waals surface area contributed by atoms with Crippen molar-refractivity contribution in [1.82, 2.24) is 15.5 Å². The number of nitrogens with zero attached hydrogens (tertiary/aromatic N) is 2. The van der Waals surface area contributed by atoms with E-state index in [4.69, 9.17) is 21.5 Å². The molecule has 2 aromatic carbocycles. The van der Waals surface area contributed by atoms with Crippen molar-refractivity contribution in [2.24, 2.45) is 0 Å². The summed E-state index contributed by atoms with van der Waals surface area (Å²) in [6, 6.07) is 15.4. The van der Waals surface area contributed by atoms with E-state index < -0.39 is 0 Å². The fraction of sp³-hybridized carbons (Fsp3) is 0.167. The summed E-state index contributed by atoms with van der Waals surface area (Å²) in [6.45, 7) is 2.37. The van der Waals surface area contributed by atoms with Gasteiger partial charge in [-0.25, -0.2) is 0 Å².